The van der Waals surface area contributed by atoms with E-state index < -0.39 is 5.97 Å². The molecule has 1 atom stereocenters. The number of hydrogen-bond acceptors (Lipinski definition) is 3. The summed E-state index contributed by atoms with van der Waals surface area (Å²) in [6, 6.07) is 14.3. The van der Waals surface area contributed by atoms with Gasteiger partial charge in [0.2, 0.25) is 0 Å². The molecule has 0 aliphatic rings. The Bertz CT molecular complexity index is 599. The maximum atomic E-state index is 10.8. The smallest absolute Gasteiger partial charge is 0.303 e. The van der Waals surface area contributed by atoms with Crippen molar-refractivity contribution >= 4 is 5.97 Å². The Labute approximate surface area is 131 Å². The number of carbonyl (C=O) groups is 1. The maximum absolute atomic E-state index is 10.8. The van der Waals surface area contributed by atoms with Gasteiger partial charge in [0.1, 0.15) is 0 Å². The van der Waals surface area contributed by atoms with E-state index in [1.54, 1.807) is 6.20 Å². The SMILES string of the molecule is Cc1ncccc1CNC(CCC(=O)O)Cc1ccccc1. The van der Waals surface area contributed by atoms with Crippen LogP contribution in [0.3, 0.4) is 0 Å². The number of hydrogen-bond donors (Lipinski definition) is 2. The van der Waals surface area contributed by atoms with E-state index in [-0.39, 0.29) is 12.5 Å². The first-order valence-corrected chi connectivity index (χ1v) is 7.54. The monoisotopic (exact) mass is 298 g/mol. The number of carboxylic acids is 1. The highest BCUT2D eigenvalue weighted by Crippen LogP contribution is 2.10. The quantitative estimate of drug-likeness (QED) is 0.786. The number of rotatable bonds is 8. The van der Waals surface area contributed by atoms with Crippen LogP contribution < -0.4 is 5.32 Å². The molecule has 0 spiro atoms. The van der Waals surface area contributed by atoms with Gasteiger partial charge in [0, 0.05) is 30.9 Å². The number of aryl methyl sites for hydroxylation is 1. The van der Waals surface area contributed by atoms with Crippen LogP contribution in [0.5, 0.6) is 0 Å². The summed E-state index contributed by atoms with van der Waals surface area (Å²) >= 11 is 0. The minimum absolute atomic E-state index is 0.137. The second-order valence-electron chi connectivity index (χ2n) is 5.45. The van der Waals surface area contributed by atoms with Crippen LogP contribution in [0, 0.1) is 6.92 Å². The van der Waals surface area contributed by atoms with Crippen molar-refractivity contribution in [3.63, 3.8) is 0 Å². The molecule has 1 unspecified atom stereocenters. The zero-order chi connectivity index (χ0) is 15.8. The Morgan fingerprint density at radius 1 is 1.23 bits per heavy atom. The number of benzene rings is 1. The van der Waals surface area contributed by atoms with Gasteiger partial charge in [0.15, 0.2) is 0 Å². The molecular formula is C18H22N2O2. The Balaban J connectivity index is 1.98. The fraction of sp³-hybridized carbons (Fsp3) is 0.333. The minimum atomic E-state index is -0.752. The van der Waals surface area contributed by atoms with Gasteiger partial charge in [0.25, 0.3) is 0 Å². The zero-order valence-corrected chi connectivity index (χ0v) is 12.8. The number of nitrogens with one attached hydrogen (secondary N) is 1. The van der Waals surface area contributed by atoms with Gasteiger partial charge in [-0.2, -0.15) is 0 Å². The number of pyridine rings is 1. The standard InChI is InChI=1S/C18H22N2O2/c1-14-16(8-5-11-19-14)13-20-17(9-10-18(21)22)12-15-6-3-2-4-7-15/h2-8,11,17,20H,9-10,12-13H2,1H3,(H,21,22). The molecular weight excluding hydrogens is 276 g/mol. The third kappa shape index (κ3) is 5.30. The zero-order valence-electron chi connectivity index (χ0n) is 12.8. The third-order valence-corrected chi connectivity index (χ3v) is 3.73. The van der Waals surface area contributed by atoms with E-state index >= 15 is 0 Å². The molecule has 0 saturated carbocycles. The largest absolute Gasteiger partial charge is 0.481 e. The molecule has 2 aromatic rings. The van der Waals surface area contributed by atoms with Crippen LogP contribution >= 0.6 is 0 Å². The normalized spacial score (nSPS) is 12.0. The summed E-state index contributed by atoms with van der Waals surface area (Å²) in [6.07, 6.45) is 3.40. The number of aromatic nitrogens is 1. The van der Waals surface area contributed by atoms with E-state index in [1.807, 2.05) is 37.3 Å². The molecule has 2 rings (SSSR count). The van der Waals surface area contributed by atoms with Gasteiger partial charge < -0.3 is 10.4 Å². The van der Waals surface area contributed by atoms with Gasteiger partial charge in [-0.05, 0) is 37.0 Å². The molecule has 0 amide bonds. The number of carboxylic acid groups (broad SMARTS) is 1. The van der Waals surface area contributed by atoms with Crippen molar-refractivity contribution in [2.24, 2.45) is 0 Å². The molecule has 1 aromatic heterocycles. The van der Waals surface area contributed by atoms with Crippen molar-refractivity contribution in [3.8, 4) is 0 Å². The van der Waals surface area contributed by atoms with Crippen LogP contribution in [-0.2, 0) is 17.8 Å². The van der Waals surface area contributed by atoms with Gasteiger partial charge in [0.05, 0.1) is 0 Å². The van der Waals surface area contributed by atoms with Gasteiger partial charge in [-0.25, -0.2) is 0 Å². The lowest BCUT2D eigenvalue weighted by Crippen LogP contribution is -2.31. The van der Waals surface area contributed by atoms with Crippen molar-refractivity contribution in [3.05, 3.63) is 65.5 Å². The van der Waals surface area contributed by atoms with Crippen LogP contribution in [0.25, 0.3) is 0 Å². The molecule has 4 heteroatoms. The van der Waals surface area contributed by atoms with Crippen molar-refractivity contribution in [1.29, 1.82) is 0 Å². The second-order valence-corrected chi connectivity index (χ2v) is 5.45. The Kier molecular flexibility index (Phi) is 6.10. The lowest BCUT2D eigenvalue weighted by Gasteiger charge is -2.19. The fourth-order valence-electron chi connectivity index (χ4n) is 2.43. The third-order valence-electron chi connectivity index (χ3n) is 3.73. The average molecular weight is 298 g/mol. The summed E-state index contributed by atoms with van der Waals surface area (Å²) < 4.78 is 0. The molecule has 0 aliphatic carbocycles. The van der Waals surface area contributed by atoms with E-state index in [0.717, 1.165) is 17.7 Å². The topological polar surface area (TPSA) is 62.2 Å². The first kappa shape index (κ1) is 16.2. The highest BCUT2D eigenvalue weighted by atomic mass is 16.4. The maximum Gasteiger partial charge on any atom is 0.303 e. The first-order valence-electron chi connectivity index (χ1n) is 7.54. The Morgan fingerprint density at radius 3 is 2.68 bits per heavy atom. The molecule has 1 heterocycles. The predicted octanol–water partition coefficient (Wildman–Crippen LogP) is 2.96. The van der Waals surface area contributed by atoms with E-state index in [1.165, 1.54) is 5.56 Å². The average Bonchev–Trinajstić information content (AvgIpc) is 2.52. The lowest BCUT2D eigenvalue weighted by molar-refractivity contribution is -0.137. The molecule has 0 bridgehead atoms. The van der Waals surface area contributed by atoms with Crippen LogP contribution in [0.1, 0.15) is 29.7 Å². The molecule has 0 radical (unpaired) electrons. The number of aliphatic carboxylic acids is 1. The minimum Gasteiger partial charge on any atom is -0.481 e. The van der Waals surface area contributed by atoms with Gasteiger partial charge in [-0.1, -0.05) is 36.4 Å². The summed E-state index contributed by atoms with van der Waals surface area (Å²) in [6.45, 7) is 2.69. The van der Waals surface area contributed by atoms with Crippen LogP contribution in [-0.4, -0.2) is 22.1 Å². The number of nitrogens with zero attached hydrogens (tertiary/aromatic N) is 1. The molecule has 1 aromatic carbocycles. The van der Waals surface area contributed by atoms with Crippen molar-refractivity contribution in [2.75, 3.05) is 0 Å². The van der Waals surface area contributed by atoms with E-state index in [0.29, 0.717) is 13.0 Å². The Hall–Kier alpha value is -2.20. The highest BCUT2D eigenvalue weighted by Gasteiger charge is 2.12. The van der Waals surface area contributed by atoms with Crippen molar-refractivity contribution in [2.45, 2.75) is 38.8 Å². The van der Waals surface area contributed by atoms with Crippen LogP contribution in [0.15, 0.2) is 48.7 Å². The van der Waals surface area contributed by atoms with Gasteiger partial charge in [-0.3, -0.25) is 9.78 Å². The lowest BCUT2D eigenvalue weighted by atomic mass is 10.0. The van der Waals surface area contributed by atoms with Crippen LogP contribution in [0.2, 0.25) is 0 Å². The van der Waals surface area contributed by atoms with E-state index in [2.05, 4.69) is 22.4 Å². The van der Waals surface area contributed by atoms with Gasteiger partial charge in [-0.15, -0.1) is 0 Å². The summed E-state index contributed by atoms with van der Waals surface area (Å²) in [4.78, 5) is 15.1. The summed E-state index contributed by atoms with van der Waals surface area (Å²) in [5, 5.41) is 12.4. The molecule has 0 saturated heterocycles. The summed E-state index contributed by atoms with van der Waals surface area (Å²) in [5.74, 6) is -0.752. The Morgan fingerprint density at radius 2 is 2.00 bits per heavy atom. The molecule has 22 heavy (non-hydrogen) atoms. The summed E-state index contributed by atoms with van der Waals surface area (Å²) in [5.41, 5.74) is 3.37. The molecule has 2 N–H and O–H groups in total. The van der Waals surface area contributed by atoms with Crippen molar-refractivity contribution < 1.29 is 9.90 Å². The van der Waals surface area contributed by atoms with E-state index in [9.17, 15) is 4.79 Å². The molecule has 116 valence electrons. The second kappa shape index (κ2) is 8.29. The highest BCUT2D eigenvalue weighted by molar-refractivity contribution is 5.66. The van der Waals surface area contributed by atoms with Crippen LogP contribution in [0.4, 0.5) is 0 Å². The van der Waals surface area contributed by atoms with Crippen molar-refractivity contribution in [1.82, 2.24) is 10.3 Å². The van der Waals surface area contributed by atoms with E-state index in [4.69, 9.17) is 5.11 Å². The molecule has 0 fully saturated rings. The summed E-state index contributed by atoms with van der Waals surface area (Å²) in [7, 11) is 0. The van der Waals surface area contributed by atoms with Gasteiger partial charge >= 0.3 is 5.97 Å². The fourth-order valence-corrected chi connectivity index (χ4v) is 2.43. The molecule has 4 nitrogen and oxygen atoms in total. The predicted molar refractivity (Wildman–Crippen MR) is 86.6 cm³/mol. The first-order chi connectivity index (χ1) is 10.6. The molecule has 0 aliphatic heterocycles.